The molecule has 0 aliphatic carbocycles. The molecule has 0 saturated carbocycles. The van der Waals surface area contributed by atoms with E-state index in [1.54, 1.807) is 0 Å². The summed E-state index contributed by atoms with van der Waals surface area (Å²) in [5.74, 6) is 0.0738. The van der Waals surface area contributed by atoms with Gasteiger partial charge in [0, 0.05) is 17.6 Å². The second-order valence-electron chi connectivity index (χ2n) is 4.75. The van der Waals surface area contributed by atoms with Crippen LogP contribution in [-0.4, -0.2) is 25.0 Å². The first-order valence-electron chi connectivity index (χ1n) is 6.48. The van der Waals surface area contributed by atoms with E-state index in [2.05, 4.69) is 10.6 Å². The molecule has 1 aromatic carbocycles. The summed E-state index contributed by atoms with van der Waals surface area (Å²) >= 11 is 5.80. The largest absolute Gasteiger partial charge is 0.354 e. The Bertz CT molecular complexity index is 385. The highest BCUT2D eigenvalue weighted by Gasteiger charge is 2.13. The number of piperidine rings is 1. The van der Waals surface area contributed by atoms with Crippen LogP contribution in [0.3, 0.4) is 0 Å². The second-order valence-corrected chi connectivity index (χ2v) is 5.19. The van der Waals surface area contributed by atoms with Gasteiger partial charge in [-0.15, -0.1) is 0 Å². The van der Waals surface area contributed by atoms with E-state index in [9.17, 15) is 4.79 Å². The monoisotopic (exact) mass is 266 g/mol. The van der Waals surface area contributed by atoms with Gasteiger partial charge in [0.1, 0.15) is 0 Å². The quantitative estimate of drug-likeness (QED) is 0.877. The lowest BCUT2D eigenvalue weighted by atomic mass is 10.0. The average molecular weight is 267 g/mol. The normalized spacial score (nSPS) is 19.5. The summed E-state index contributed by atoms with van der Waals surface area (Å²) < 4.78 is 0. The van der Waals surface area contributed by atoms with Crippen molar-refractivity contribution in [1.29, 1.82) is 0 Å². The second kappa shape index (κ2) is 6.76. The van der Waals surface area contributed by atoms with Crippen LogP contribution in [0, 0.1) is 0 Å². The standard InChI is InChI=1S/C14H19ClN2O/c15-12-6-4-11(5-7-12)9-14(18)17-10-13-3-1-2-8-16-13/h4-7,13,16H,1-3,8-10H2,(H,17,18). The smallest absolute Gasteiger partial charge is 0.224 e. The third-order valence-electron chi connectivity index (χ3n) is 3.24. The van der Waals surface area contributed by atoms with Gasteiger partial charge in [-0.2, -0.15) is 0 Å². The van der Waals surface area contributed by atoms with Crippen LogP contribution in [0.2, 0.25) is 5.02 Å². The molecule has 18 heavy (non-hydrogen) atoms. The average Bonchev–Trinajstić information content (AvgIpc) is 2.40. The van der Waals surface area contributed by atoms with Crippen molar-refractivity contribution in [2.24, 2.45) is 0 Å². The Kier molecular flexibility index (Phi) is 5.02. The molecule has 1 aromatic rings. The molecule has 0 radical (unpaired) electrons. The third-order valence-corrected chi connectivity index (χ3v) is 3.49. The summed E-state index contributed by atoms with van der Waals surface area (Å²) in [6, 6.07) is 7.84. The highest BCUT2D eigenvalue weighted by Crippen LogP contribution is 2.10. The lowest BCUT2D eigenvalue weighted by molar-refractivity contribution is -0.120. The highest BCUT2D eigenvalue weighted by atomic mass is 35.5. The van der Waals surface area contributed by atoms with E-state index in [4.69, 9.17) is 11.6 Å². The molecule has 1 amide bonds. The fourth-order valence-electron chi connectivity index (χ4n) is 2.19. The number of hydrogen-bond donors (Lipinski definition) is 2. The van der Waals surface area contributed by atoms with E-state index < -0.39 is 0 Å². The summed E-state index contributed by atoms with van der Waals surface area (Å²) in [6.45, 7) is 1.80. The zero-order valence-corrected chi connectivity index (χ0v) is 11.2. The van der Waals surface area contributed by atoms with Crippen molar-refractivity contribution >= 4 is 17.5 Å². The summed E-state index contributed by atoms with van der Waals surface area (Å²) in [5, 5.41) is 7.09. The summed E-state index contributed by atoms with van der Waals surface area (Å²) in [5.41, 5.74) is 0.994. The molecule has 1 unspecified atom stereocenters. The SMILES string of the molecule is O=C(Cc1ccc(Cl)cc1)NCC1CCCCN1. The Hall–Kier alpha value is -1.06. The number of rotatable bonds is 4. The maximum absolute atomic E-state index is 11.8. The van der Waals surface area contributed by atoms with E-state index >= 15 is 0 Å². The van der Waals surface area contributed by atoms with Gasteiger partial charge in [-0.3, -0.25) is 4.79 Å². The molecule has 1 aliphatic heterocycles. The van der Waals surface area contributed by atoms with E-state index in [0.29, 0.717) is 17.5 Å². The van der Waals surface area contributed by atoms with Crippen molar-refractivity contribution in [3.8, 4) is 0 Å². The first-order valence-corrected chi connectivity index (χ1v) is 6.86. The zero-order chi connectivity index (χ0) is 12.8. The molecule has 1 fully saturated rings. The van der Waals surface area contributed by atoms with E-state index in [1.807, 2.05) is 24.3 Å². The predicted molar refractivity (Wildman–Crippen MR) is 73.8 cm³/mol. The van der Waals surface area contributed by atoms with Gasteiger partial charge in [-0.25, -0.2) is 0 Å². The molecule has 1 heterocycles. The zero-order valence-electron chi connectivity index (χ0n) is 10.4. The first kappa shape index (κ1) is 13.4. The summed E-state index contributed by atoms with van der Waals surface area (Å²) in [7, 11) is 0. The van der Waals surface area contributed by atoms with Crippen LogP contribution in [0.5, 0.6) is 0 Å². The molecule has 98 valence electrons. The number of carbonyl (C=O) groups is 1. The van der Waals surface area contributed by atoms with Crippen LogP contribution in [-0.2, 0) is 11.2 Å². The Morgan fingerprint density at radius 2 is 2.11 bits per heavy atom. The Morgan fingerprint density at radius 1 is 1.33 bits per heavy atom. The van der Waals surface area contributed by atoms with Crippen molar-refractivity contribution < 1.29 is 4.79 Å². The molecule has 4 heteroatoms. The highest BCUT2D eigenvalue weighted by molar-refractivity contribution is 6.30. The molecule has 0 aromatic heterocycles. The summed E-state index contributed by atoms with van der Waals surface area (Å²) in [6.07, 6.45) is 4.07. The molecule has 1 atom stereocenters. The Balaban J connectivity index is 1.73. The maximum atomic E-state index is 11.8. The van der Waals surface area contributed by atoms with E-state index in [0.717, 1.165) is 25.1 Å². The molecule has 2 N–H and O–H groups in total. The van der Waals surface area contributed by atoms with Crippen molar-refractivity contribution in [2.45, 2.75) is 31.7 Å². The van der Waals surface area contributed by atoms with Crippen molar-refractivity contribution in [1.82, 2.24) is 10.6 Å². The van der Waals surface area contributed by atoms with Gasteiger partial charge in [0.15, 0.2) is 0 Å². The molecule has 2 rings (SSSR count). The van der Waals surface area contributed by atoms with Crippen molar-refractivity contribution in [3.05, 3.63) is 34.9 Å². The lowest BCUT2D eigenvalue weighted by Gasteiger charge is -2.23. The van der Waals surface area contributed by atoms with Crippen molar-refractivity contribution in [2.75, 3.05) is 13.1 Å². The van der Waals surface area contributed by atoms with Crippen LogP contribution in [0.25, 0.3) is 0 Å². The van der Waals surface area contributed by atoms with E-state index in [1.165, 1.54) is 12.8 Å². The van der Waals surface area contributed by atoms with E-state index in [-0.39, 0.29) is 5.91 Å². The minimum Gasteiger partial charge on any atom is -0.354 e. The molecule has 1 aliphatic rings. The molecular formula is C14H19ClN2O. The van der Waals surface area contributed by atoms with Gasteiger partial charge in [-0.05, 0) is 37.1 Å². The Labute approximate surface area is 113 Å². The number of hydrogen-bond acceptors (Lipinski definition) is 2. The molecule has 1 saturated heterocycles. The topological polar surface area (TPSA) is 41.1 Å². The third kappa shape index (κ3) is 4.31. The minimum absolute atomic E-state index is 0.0738. The fourth-order valence-corrected chi connectivity index (χ4v) is 2.31. The van der Waals surface area contributed by atoms with Gasteiger partial charge in [-0.1, -0.05) is 30.2 Å². The Morgan fingerprint density at radius 3 is 2.78 bits per heavy atom. The molecule has 0 bridgehead atoms. The maximum Gasteiger partial charge on any atom is 0.224 e. The molecule has 0 spiro atoms. The van der Waals surface area contributed by atoms with Crippen LogP contribution in [0.4, 0.5) is 0 Å². The van der Waals surface area contributed by atoms with Crippen LogP contribution in [0.1, 0.15) is 24.8 Å². The molecule has 3 nitrogen and oxygen atoms in total. The fraction of sp³-hybridized carbons (Fsp3) is 0.500. The van der Waals surface area contributed by atoms with Crippen LogP contribution < -0.4 is 10.6 Å². The predicted octanol–water partition coefficient (Wildman–Crippen LogP) is 2.14. The lowest BCUT2D eigenvalue weighted by Crippen LogP contribution is -2.43. The number of carbonyl (C=O) groups excluding carboxylic acids is 1. The number of nitrogens with one attached hydrogen (secondary N) is 2. The van der Waals surface area contributed by atoms with Gasteiger partial charge >= 0.3 is 0 Å². The van der Waals surface area contributed by atoms with Crippen LogP contribution in [0.15, 0.2) is 24.3 Å². The number of halogens is 1. The number of benzene rings is 1. The van der Waals surface area contributed by atoms with Crippen LogP contribution >= 0.6 is 11.6 Å². The molecular weight excluding hydrogens is 248 g/mol. The number of amides is 1. The van der Waals surface area contributed by atoms with Gasteiger partial charge in [0.05, 0.1) is 6.42 Å². The van der Waals surface area contributed by atoms with Crippen molar-refractivity contribution in [3.63, 3.8) is 0 Å². The van der Waals surface area contributed by atoms with Gasteiger partial charge in [0.25, 0.3) is 0 Å². The minimum atomic E-state index is 0.0738. The summed E-state index contributed by atoms with van der Waals surface area (Å²) in [4.78, 5) is 11.8. The van der Waals surface area contributed by atoms with Gasteiger partial charge in [0.2, 0.25) is 5.91 Å². The van der Waals surface area contributed by atoms with Gasteiger partial charge < -0.3 is 10.6 Å². The first-order chi connectivity index (χ1) is 8.74.